The first-order valence-corrected chi connectivity index (χ1v) is 7.76. The van der Waals surface area contributed by atoms with E-state index in [1.54, 1.807) is 6.92 Å². The zero-order valence-electron chi connectivity index (χ0n) is 14.2. The number of nitrogens with one attached hydrogen (secondary N) is 1. The molecule has 0 spiro atoms. The van der Waals surface area contributed by atoms with E-state index in [2.05, 4.69) is 11.3 Å². The van der Waals surface area contributed by atoms with Crippen molar-refractivity contribution in [3.05, 3.63) is 48.0 Å². The number of carbonyl (C=O) groups excluding carboxylic acids is 2. The summed E-state index contributed by atoms with van der Waals surface area (Å²) in [5.41, 5.74) is -7.42. The second-order valence-corrected chi connectivity index (χ2v) is 5.53. The summed E-state index contributed by atoms with van der Waals surface area (Å²) in [5, 5.41) is 0.909. The average Bonchev–Trinajstić information content (AvgIpc) is 2.57. The van der Waals surface area contributed by atoms with Gasteiger partial charge in [-0.3, -0.25) is 4.79 Å². The van der Waals surface area contributed by atoms with Crippen molar-refractivity contribution in [2.45, 2.75) is 37.7 Å². The van der Waals surface area contributed by atoms with Crippen LogP contribution in [0.4, 0.5) is 26.3 Å². The standard InChI is InChI=1S/C17H17F6NO3/c1-3-4-10-27-14(26)11(2)15(16(18,19)20,17(21,22)23)24-13(25)12-8-6-5-7-9-12/h5-9H,2-4,10H2,1H3,(H,24,25). The van der Waals surface area contributed by atoms with Gasteiger partial charge in [0.25, 0.3) is 11.4 Å². The molecule has 0 unspecified atom stereocenters. The molecule has 4 nitrogen and oxygen atoms in total. The number of esters is 1. The molecule has 0 aliphatic heterocycles. The second kappa shape index (κ2) is 8.45. The Labute approximate surface area is 151 Å². The van der Waals surface area contributed by atoms with Gasteiger partial charge < -0.3 is 10.1 Å². The van der Waals surface area contributed by atoms with Gasteiger partial charge in [-0.25, -0.2) is 4.79 Å². The maximum absolute atomic E-state index is 13.5. The molecule has 0 radical (unpaired) electrons. The highest BCUT2D eigenvalue weighted by Gasteiger charge is 2.75. The van der Waals surface area contributed by atoms with Crippen LogP contribution in [0.25, 0.3) is 0 Å². The molecule has 0 aliphatic carbocycles. The summed E-state index contributed by atoms with van der Waals surface area (Å²) >= 11 is 0. The summed E-state index contributed by atoms with van der Waals surface area (Å²) in [6, 6.07) is 5.98. The number of ether oxygens (including phenoxy) is 1. The summed E-state index contributed by atoms with van der Waals surface area (Å²) < 4.78 is 85.7. The molecule has 0 saturated carbocycles. The Hall–Kier alpha value is -2.52. The Morgan fingerprint density at radius 1 is 1.04 bits per heavy atom. The zero-order valence-corrected chi connectivity index (χ0v) is 14.2. The minimum atomic E-state index is -6.10. The Kier molecular flexibility index (Phi) is 7.05. The predicted molar refractivity (Wildman–Crippen MR) is 83.8 cm³/mol. The SMILES string of the molecule is C=C(C(=O)OCCCC)C(NC(=O)c1ccccc1)(C(F)(F)F)C(F)(F)F. The van der Waals surface area contributed by atoms with E-state index in [0.29, 0.717) is 6.42 Å². The lowest BCUT2D eigenvalue weighted by molar-refractivity contribution is -0.291. The molecule has 0 fully saturated rings. The van der Waals surface area contributed by atoms with Gasteiger partial charge in [-0.1, -0.05) is 38.1 Å². The summed E-state index contributed by atoms with van der Waals surface area (Å²) in [6.07, 6.45) is -11.5. The van der Waals surface area contributed by atoms with Gasteiger partial charge in [-0.15, -0.1) is 0 Å². The molecule has 0 saturated heterocycles. The smallest absolute Gasteiger partial charge is 0.425 e. The Balaban J connectivity index is 3.37. The molecule has 0 heterocycles. The highest BCUT2D eigenvalue weighted by molar-refractivity contribution is 5.98. The lowest BCUT2D eigenvalue weighted by Gasteiger charge is -2.38. The predicted octanol–water partition coefficient (Wildman–Crippen LogP) is 4.18. The quantitative estimate of drug-likeness (QED) is 0.325. The van der Waals surface area contributed by atoms with E-state index in [1.165, 1.54) is 18.2 Å². The van der Waals surface area contributed by atoms with Gasteiger partial charge in [0, 0.05) is 5.56 Å². The number of rotatable bonds is 7. The van der Waals surface area contributed by atoms with E-state index in [4.69, 9.17) is 0 Å². The van der Waals surface area contributed by atoms with Gasteiger partial charge >= 0.3 is 18.3 Å². The van der Waals surface area contributed by atoms with Crippen LogP contribution in [0.2, 0.25) is 0 Å². The highest BCUT2D eigenvalue weighted by atomic mass is 19.4. The lowest BCUT2D eigenvalue weighted by Crippen LogP contribution is -2.69. The third-order valence-corrected chi connectivity index (χ3v) is 3.62. The van der Waals surface area contributed by atoms with Crippen LogP contribution in [-0.4, -0.2) is 36.4 Å². The van der Waals surface area contributed by atoms with E-state index in [-0.39, 0.29) is 13.0 Å². The largest absolute Gasteiger partial charge is 0.462 e. The molecule has 1 aromatic carbocycles. The number of amides is 1. The van der Waals surface area contributed by atoms with Crippen molar-refractivity contribution in [2.24, 2.45) is 0 Å². The van der Waals surface area contributed by atoms with Gasteiger partial charge in [0.2, 0.25) is 0 Å². The van der Waals surface area contributed by atoms with Gasteiger partial charge in [-0.05, 0) is 18.6 Å². The molecular formula is C17H17F6NO3. The highest BCUT2D eigenvalue weighted by Crippen LogP contribution is 2.47. The summed E-state index contributed by atoms with van der Waals surface area (Å²) in [5.74, 6) is -3.57. The number of alkyl halides is 6. The fourth-order valence-corrected chi connectivity index (χ4v) is 2.10. The van der Waals surface area contributed by atoms with Crippen LogP contribution in [0.3, 0.4) is 0 Å². The molecule has 1 amide bonds. The number of halogens is 6. The first-order valence-electron chi connectivity index (χ1n) is 7.76. The number of benzene rings is 1. The molecule has 0 aromatic heterocycles. The molecule has 0 aliphatic rings. The van der Waals surface area contributed by atoms with Crippen LogP contribution in [0.5, 0.6) is 0 Å². The molecule has 1 rings (SSSR count). The van der Waals surface area contributed by atoms with Crippen LogP contribution in [0.1, 0.15) is 30.1 Å². The fraction of sp³-hybridized carbons (Fsp3) is 0.412. The number of unbranched alkanes of at least 4 members (excludes halogenated alkanes) is 1. The molecule has 1 aromatic rings. The van der Waals surface area contributed by atoms with Crippen LogP contribution < -0.4 is 5.32 Å². The third-order valence-electron chi connectivity index (χ3n) is 3.62. The molecule has 0 atom stereocenters. The van der Waals surface area contributed by atoms with Crippen molar-refractivity contribution in [2.75, 3.05) is 6.61 Å². The minimum absolute atomic E-state index is 0.237. The maximum atomic E-state index is 13.5. The van der Waals surface area contributed by atoms with Crippen LogP contribution >= 0.6 is 0 Å². The number of hydrogen-bond acceptors (Lipinski definition) is 3. The van der Waals surface area contributed by atoms with Crippen molar-refractivity contribution in [3.8, 4) is 0 Å². The maximum Gasteiger partial charge on any atom is 0.425 e. The second-order valence-electron chi connectivity index (χ2n) is 5.53. The van der Waals surface area contributed by atoms with Gasteiger partial charge in [0.1, 0.15) is 0 Å². The third kappa shape index (κ3) is 4.81. The van der Waals surface area contributed by atoms with Crippen molar-refractivity contribution in [1.82, 2.24) is 5.32 Å². The molecule has 150 valence electrons. The van der Waals surface area contributed by atoms with Gasteiger partial charge in [0.15, 0.2) is 0 Å². The fourth-order valence-electron chi connectivity index (χ4n) is 2.10. The van der Waals surface area contributed by atoms with Gasteiger partial charge in [0.05, 0.1) is 12.2 Å². The van der Waals surface area contributed by atoms with E-state index < -0.39 is 40.9 Å². The molecule has 0 bridgehead atoms. The van der Waals surface area contributed by atoms with Crippen molar-refractivity contribution in [1.29, 1.82) is 0 Å². The average molecular weight is 397 g/mol. The van der Waals surface area contributed by atoms with Crippen LogP contribution in [0, 0.1) is 0 Å². The number of hydrogen-bond donors (Lipinski definition) is 1. The summed E-state index contributed by atoms with van der Waals surface area (Å²) in [4.78, 5) is 23.8. The Bertz CT molecular complexity index is 668. The molecule has 10 heteroatoms. The van der Waals surface area contributed by atoms with Crippen molar-refractivity contribution in [3.63, 3.8) is 0 Å². The van der Waals surface area contributed by atoms with E-state index in [1.807, 2.05) is 0 Å². The summed E-state index contributed by atoms with van der Waals surface area (Å²) in [7, 11) is 0. The Morgan fingerprint density at radius 3 is 2.00 bits per heavy atom. The van der Waals surface area contributed by atoms with E-state index >= 15 is 0 Å². The Morgan fingerprint density at radius 2 is 1.56 bits per heavy atom. The lowest BCUT2D eigenvalue weighted by atomic mass is 9.88. The summed E-state index contributed by atoms with van der Waals surface area (Å²) in [6.45, 7) is 3.95. The van der Waals surface area contributed by atoms with Crippen LogP contribution in [-0.2, 0) is 9.53 Å². The van der Waals surface area contributed by atoms with E-state index in [0.717, 1.165) is 17.4 Å². The molecule has 1 N–H and O–H groups in total. The van der Waals surface area contributed by atoms with Crippen molar-refractivity contribution >= 4 is 11.9 Å². The first kappa shape index (κ1) is 22.5. The van der Waals surface area contributed by atoms with Crippen molar-refractivity contribution < 1.29 is 40.7 Å². The van der Waals surface area contributed by atoms with Gasteiger partial charge in [-0.2, -0.15) is 26.3 Å². The van der Waals surface area contributed by atoms with E-state index in [9.17, 15) is 35.9 Å². The molecular weight excluding hydrogens is 380 g/mol. The topological polar surface area (TPSA) is 55.4 Å². The number of carbonyl (C=O) groups is 2. The zero-order chi connectivity index (χ0) is 20.9. The normalized spacial score (nSPS) is 12.4. The monoisotopic (exact) mass is 397 g/mol. The molecule has 27 heavy (non-hydrogen) atoms. The van der Waals surface area contributed by atoms with Crippen LogP contribution in [0.15, 0.2) is 42.5 Å². The minimum Gasteiger partial charge on any atom is -0.462 e. The first-order chi connectivity index (χ1) is 12.4.